The normalized spacial score (nSPS) is 19.6. The maximum absolute atomic E-state index is 11.5. The Labute approximate surface area is 160 Å². The van der Waals surface area contributed by atoms with Crippen molar-refractivity contribution < 1.29 is 19.4 Å². The third-order valence-electron chi connectivity index (χ3n) is 4.79. The molecule has 2 heterocycles. The topological polar surface area (TPSA) is 74.3 Å². The number of nitrogens with zero attached hydrogens (tertiary/aromatic N) is 2. The number of aliphatic hydroxyl groups excluding tert-OH is 1. The Hall–Kier alpha value is -2.09. The first kappa shape index (κ1) is 19.7. The summed E-state index contributed by atoms with van der Waals surface area (Å²) in [5.41, 5.74) is 1.06. The second kappa shape index (κ2) is 9.73. The van der Waals surface area contributed by atoms with Gasteiger partial charge in [0.1, 0.15) is 12.7 Å². The van der Waals surface area contributed by atoms with Crippen LogP contribution in [0.15, 0.2) is 30.4 Å². The lowest BCUT2D eigenvalue weighted by atomic mass is 10.1. The number of nitrogens with one attached hydrogen (secondary N) is 1. The lowest BCUT2D eigenvalue weighted by Crippen LogP contribution is -2.47. The van der Waals surface area contributed by atoms with Gasteiger partial charge in [0.15, 0.2) is 11.5 Å². The van der Waals surface area contributed by atoms with Crippen molar-refractivity contribution in [1.29, 1.82) is 0 Å². The number of benzene rings is 1. The smallest absolute Gasteiger partial charge is 0.234 e. The minimum Gasteiger partial charge on any atom is -0.493 e. The zero-order valence-corrected chi connectivity index (χ0v) is 15.9. The number of carbonyl (C=O) groups is 1. The largest absolute Gasteiger partial charge is 0.493 e. The van der Waals surface area contributed by atoms with Gasteiger partial charge in [-0.15, -0.1) is 0 Å². The highest BCUT2D eigenvalue weighted by atomic mass is 16.5. The van der Waals surface area contributed by atoms with Gasteiger partial charge in [-0.05, 0) is 24.1 Å². The van der Waals surface area contributed by atoms with Crippen LogP contribution in [0.5, 0.6) is 11.5 Å². The zero-order chi connectivity index (χ0) is 19.1. The molecule has 1 atom stereocenters. The van der Waals surface area contributed by atoms with Crippen LogP contribution >= 0.6 is 0 Å². The fourth-order valence-corrected chi connectivity index (χ4v) is 3.41. The monoisotopic (exact) mass is 375 g/mol. The Bertz CT molecular complexity index is 665. The molecule has 1 unspecified atom stereocenters. The number of ether oxygens (including phenoxy) is 2. The van der Waals surface area contributed by atoms with Crippen LogP contribution in [-0.4, -0.2) is 79.9 Å². The molecule has 1 aromatic rings. The molecule has 1 amide bonds. The number of amides is 1. The maximum atomic E-state index is 11.5. The first-order valence-corrected chi connectivity index (χ1v) is 9.48. The van der Waals surface area contributed by atoms with Gasteiger partial charge in [-0.3, -0.25) is 14.6 Å². The molecule has 7 heteroatoms. The quantitative estimate of drug-likeness (QED) is 0.650. The van der Waals surface area contributed by atoms with E-state index in [1.54, 1.807) is 7.11 Å². The Morgan fingerprint density at radius 1 is 1.22 bits per heavy atom. The first-order valence-electron chi connectivity index (χ1n) is 9.48. The Kier molecular flexibility index (Phi) is 7.09. The molecule has 27 heavy (non-hydrogen) atoms. The number of β-amino-alcohol motifs (C(OH)–C–C–N with tert-alkyl or cyclic N) is 1. The highest BCUT2D eigenvalue weighted by molar-refractivity contribution is 5.78. The van der Waals surface area contributed by atoms with Gasteiger partial charge < -0.3 is 19.9 Å². The van der Waals surface area contributed by atoms with E-state index in [4.69, 9.17) is 9.47 Å². The maximum Gasteiger partial charge on any atom is 0.234 e. The molecule has 1 aromatic carbocycles. The molecule has 2 aliphatic heterocycles. The predicted octanol–water partition coefficient (Wildman–Crippen LogP) is 0.629. The number of aliphatic hydroxyl groups is 1. The van der Waals surface area contributed by atoms with E-state index in [-0.39, 0.29) is 12.5 Å². The lowest BCUT2D eigenvalue weighted by molar-refractivity contribution is -0.124. The van der Waals surface area contributed by atoms with Crippen LogP contribution in [0.1, 0.15) is 12.0 Å². The SMILES string of the molecule is COc1cc(CN2CCNC(=O)C2)ccc1OCC(O)CN1CC=CCC1. The van der Waals surface area contributed by atoms with Crippen LogP contribution in [0.25, 0.3) is 0 Å². The summed E-state index contributed by atoms with van der Waals surface area (Å²) in [5, 5.41) is 13.1. The molecule has 148 valence electrons. The molecule has 0 saturated carbocycles. The summed E-state index contributed by atoms with van der Waals surface area (Å²) in [5.74, 6) is 1.32. The molecule has 2 aliphatic rings. The van der Waals surface area contributed by atoms with Gasteiger partial charge in [-0.25, -0.2) is 0 Å². The molecule has 7 nitrogen and oxygen atoms in total. The number of hydrogen-bond acceptors (Lipinski definition) is 6. The Morgan fingerprint density at radius 2 is 2.11 bits per heavy atom. The van der Waals surface area contributed by atoms with E-state index in [2.05, 4.69) is 27.3 Å². The van der Waals surface area contributed by atoms with Crippen LogP contribution in [0, 0.1) is 0 Å². The molecular formula is C20H29N3O4. The Balaban J connectivity index is 1.52. The molecule has 1 saturated heterocycles. The van der Waals surface area contributed by atoms with Gasteiger partial charge in [0.25, 0.3) is 0 Å². The molecule has 0 spiro atoms. The van der Waals surface area contributed by atoms with Crippen molar-refractivity contribution in [2.45, 2.75) is 19.1 Å². The van der Waals surface area contributed by atoms with Gasteiger partial charge in [0.2, 0.25) is 5.91 Å². The second-order valence-electron chi connectivity index (χ2n) is 7.03. The number of hydrogen-bond donors (Lipinski definition) is 2. The minimum absolute atomic E-state index is 0.0614. The lowest BCUT2D eigenvalue weighted by Gasteiger charge is -2.27. The molecule has 0 radical (unpaired) electrons. The summed E-state index contributed by atoms with van der Waals surface area (Å²) in [7, 11) is 1.61. The molecular weight excluding hydrogens is 346 g/mol. The highest BCUT2D eigenvalue weighted by Gasteiger charge is 2.18. The number of rotatable bonds is 8. The van der Waals surface area contributed by atoms with Crippen LogP contribution in [0.2, 0.25) is 0 Å². The van der Waals surface area contributed by atoms with Crippen molar-refractivity contribution >= 4 is 5.91 Å². The standard InChI is InChI=1S/C20H29N3O4/c1-26-19-11-16(12-23-10-7-21-20(25)14-23)5-6-18(19)27-15-17(24)13-22-8-3-2-4-9-22/h2-3,5-6,11,17,24H,4,7-10,12-15H2,1H3,(H,21,25). The summed E-state index contributed by atoms with van der Waals surface area (Å²) < 4.78 is 11.3. The van der Waals surface area contributed by atoms with Crippen molar-refractivity contribution in [3.63, 3.8) is 0 Å². The van der Waals surface area contributed by atoms with Crippen molar-refractivity contribution in [2.75, 3.05) is 53.0 Å². The predicted molar refractivity (Wildman–Crippen MR) is 103 cm³/mol. The van der Waals surface area contributed by atoms with Crippen molar-refractivity contribution in [1.82, 2.24) is 15.1 Å². The summed E-state index contributed by atoms with van der Waals surface area (Å²) in [6.07, 6.45) is 4.78. The average molecular weight is 375 g/mol. The molecule has 2 N–H and O–H groups in total. The summed E-state index contributed by atoms with van der Waals surface area (Å²) in [6.45, 7) is 5.30. The highest BCUT2D eigenvalue weighted by Crippen LogP contribution is 2.28. The number of piperazine rings is 1. The van der Waals surface area contributed by atoms with Gasteiger partial charge >= 0.3 is 0 Å². The van der Waals surface area contributed by atoms with Crippen LogP contribution in [-0.2, 0) is 11.3 Å². The van der Waals surface area contributed by atoms with Crippen LogP contribution < -0.4 is 14.8 Å². The van der Waals surface area contributed by atoms with Crippen LogP contribution in [0.4, 0.5) is 0 Å². The average Bonchev–Trinajstić information content (AvgIpc) is 2.67. The van der Waals surface area contributed by atoms with Crippen molar-refractivity contribution in [3.05, 3.63) is 35.9 Å². The number of carbonyl (C=O) groups excluding carboxylic acids is 1. The third kappa shape index (κ3) is 5.95. The van der Waals surface area contributed by atoms with Gasteiger partial charge in [0, 0.05) is 39.3 Å². The molecule has 0 aliphatic carbocycles. The third-order valence-corrected chi connectivity index (χ3v) is 4.79. The summed E-state index contributed by atoms with van der Waals surface area (Å²) >= 11 is 0. The fraction of sp³-hybridized carbons (Fsp3) is 0.550. The van der Waals surface area contributed by atoms with E-state index in [0.29, 0.717) is 37.7 Å². The van der Waals surface area contributed by atoms with Gasteiger partial charge in [0.05, 0.1) is 13.7 Å². The van der Waals surface area contributed by atoms with Crippen LogP contribution in [0.3, 0.4) is 0 Å². The second-order valence-corrected chi connectivity index (χ2v) is 7.03. The molecule has 0 aromatic heterocycles. The van der Waals surface area contributed by atoms with E-state index < -0.39 is 6.10 Å². The fourth-order valence-electron chi connectivity index (χ4n) is 3.41. The minimum atomic E-state index is -0.548. The summed E-state index contributed by atoms with van der Waals surface area (Å²) in [4.78, 5) is 15.8. The van der Waals surface area contributed by atoms with Crippen molar-refractivity contribution in [2.24, 2.45) is 0 Å². The van der Waals surface area contributed by atoms with E-state index in [1.165, 1.54) is 0 Å². The van der Waals surface area contributed by atoms with Gasteiger partial charge in [-0.2, -0.15) is 0 Å². The van der Waals surface area contributed by atoms with Crippen molar-refractivity contribution in [3.8, 4) is 11.5 Å². The van der Waals surface area contributed by atoms with Gasteiger partial charge in [-0.1, -0.05) is 18.2 Å². The van der Waals surface area contributed by atoms with E-state index >= 15 is 0 Å². The van der Waals surface area contributed by atoms with E-state index in [1.807, 2.05) is 18.2 Å². The van der Waals surface area contributed by atoms with E-state index in [9.17, 15) is 9.90 Å². The first-order chi connectivity index (χ1) is 13.1. The number of methoxy groups -OCH3 is 1. The molecule has 1 fully saturated rings. The zero-order valence-electron chi connectivity index (χ0n) is 15.9. The van der Waals surface area contributed by atoms with E-state index in [0.717, 1.165) is 31.6 Å². The Morgan fingerprint density at radius 3 is 2.85 bits per heavy atom. The summed E-state index contributed by atoms with van der Waals surface area (Å²) in [6, 6.07) is 5.78. The molecule has 3 rings (SSSR count). The molecule has 0 bridgehead atoms.